The number of rotatable bonds is 3. The minimum absolute atomic E-state index is 0.464. The molecule has 0 saturated carbocycles. The first-order valence-corrected chi connectivity index (χ1v) is 6.02. The van der Waals surface area contributed by atoms with Crippen LogP contribution in [0.25, 0.3) is 0 Å². The van der Waals surface area contributed by atoms with Crippen molar-refractivity contribution in [3.8, 4) is 6.07 Å². The van der Waals surface area contributed by atoms with Gasteiger partial charge in [0.15, 0.2) is 0 Å². The second kappa shape index (κ2) is 5.81. The standard InChI is InChI=1S/C14H17N2O/c15-10-12-4-6-13(7-5-12)14(17)11-16-8-2-1-3-9-16/h2,4-7,14,17H,1,3,8-9,11H2. The zero-order chi connectivity index (χ0) is 12.1. The summed E-state index contributed by atoms with van der Waals surface area (Å²) in [5.74, 6) is 0. The van der Waals surface area contributed by atoms with E-state index >= 15 is 0 Å². The molecule has 1 heterocycles. The van der Waals surface area contributed by atoms with Crippen LogP contribution in [-0.4, -0.2) is 29.6 Å². The van der Waals surface area contributed by atoms with E-state index < -0.39 is 6.10 Å². The van der Waals surface area contributed by atoms with Crippen molar-refractivity contribution in [3.05, 3.63) is 41.8 Å². The van der Waals surface area contributed by atoms with Gasteiger partial charge >= 0.3 is 0 Å². The third-order valence-electron chi connectivity index (χ3n) is 3.13. The third-order valence-corrected chi connectivity index (χ3v) is 3.13. The molecule has 2 rings (SSSR count). The van der Waals surface area contributed by atoms with E-state index in [1.807, 2.05) is 12.1 Å². The monoisotopic (exact) mass is 229 g/mol. The molecule has 1 fully saturated rings. The van der Waals surface area contributed by atoms with E-state index in [2.05, 4.69) is 17.4 Å². The number of nitrogens with zero attached hydrogens (tertiary/aromatic N) is 2. The molecule has 3 heteroatoms. The normalized spacial score (nSPS) is 18.6. The number of hydrogen-bond acceptors (Lipinski definition) is 3. The summed E-state index contributed by atoms with van der Waals surface area (Å²) in [7, 11) is 0. The number of aliphatic hydroxyl groups is 1. The summed E-state index contributed by atoms with van der Waals surface area (Å²) in [6, 6.07) is 9.24. The molecule has 1 saturated heterocycles. The summed E-state index contributed by atoms with van der Waals surface area (Å²) in [6.07, 6.45) is 4.16. The van der Waals surface area contributed by atoms with E-state index in [0.29, 0.717) is 12.1 Å². The maximum absolute atomic E-state index is 10.1. The highest BCUT2D eigenvalue weighted by Gasteiger charge is 2.15. The molecule has 89 valence electrons. The zero-order valence-corrected chi connectivity index (χ0v) is 9.84. The molecule has 0 amide bonds. The van der Waals surface area contributed by atoms with Crippen LogP contribution in [0.3, 0.4) is 0 Å². The first kappa shape index (κ1) is 12.1. The summed E-state index contributed by atoms with van der Waals surface area (Å²) < 4.78 is 0. The van der Waals surface area contributed by atoms with Gasteiger partial charge in [0.2, 0.25) is 0 Å². The van der Waals surface area contributed by atoms with Crippen LogP contribution >= 0.6 is 0 Å². The van der Waals surface area contributed by atoms with E-state index in [1.165, 1.54) is 12.8 Å². The van der Waals surface area contributed by atoms with E-state index in [9.17, 15) is 5.11 Å². The molecule has 1 atom stereocenters. The molecule has 1 aromatic rings. The molecule has 17 heavy (non-hydrogen) atoms. The third kappa shape index (κ3) is 3.29. The van der Waals surface area contributed by atoms with Crippen molar-refractivity contribution >= 4 is 0 Å². The fraction of sp³-hybridized carbons (Fsp3) is 0.429. The molecule has 0 spiro atoms. The van der Waals surface area contributed by atoms with Crippen molar-refractivity contribution in [3.63, 3.8) is 0 Å². The molecular formula is C14H17N2O. The van der Waals surface area contributed by atoms with Gasteiger partial charge in [-0.1, -0.05) is 12.1 Å². The van der Waals surface area contributed by atoms with E-state index in [1.54, 1.807) is 12.1 Å². The van der Waals surface area contributed by atoms with Crippen LogP contribution in [0.15, 0.2) is 24.3 Å². The van der Waals surface area contributed by atoms with Gasteiger partial charge in [-0.25, -0.2) is 0 Å². The van der Waals surface area contributed by atoms with Crippen LogP contribution in [0, 0.1) is 17.8 Å². The van der Waals surface area contributed by atoms with Crippen molar-refractivity contribution < 1.29 is 5.11 Å². The SMILES string of the molecule is N#Cc1ccc(C(O)CN2C[CH]CCC2)cc1. The molecule has 1 aliphatic heterocycles. The summed E-state index contributed by atoms with van der Waals surface area (Å²) in [5, 5.41) is 18.8. The number of likely N-dealkylation sites (tertiary alicyclic amines) is 1. The van der Waals surface area contributed by atoms with Crippen molar-refractivity contribution in [2.24, 2.45) is 0 Å². The number of hydrogen-bond donors (Lipinski definition) is 1. The average molecular weight is 229 g/mol. The molecule has 3 nitrogen and oxygen atoms in total. The fourth-order valence-corrected chi connectivity index (χ4v) is 2.12. The van der Waals surface area contributed by atoms with Gasteiger partial charge in [-0.15, -0.1) is 0 Å². The van der Waals surface area contributed by atoms with E-state index in [4.69, 9.17) is 5.26 Å². The van der Waals surface area contributed by atoms with Crippen LogP contribution in [0.2, 0.25) is 0 Å². The van der Waals surface area contributed by atoms with Crippen LogP contribution in [0.1, 0.15) is 30.1 Å². The van der Waals surface area contributed by atoms with Crippen LogP contribution in [-0.2, 0) is 0 Å². The predicted molar refractivity (Wildman–Crippen MR) is 66.1 cm³/mol. The lowest BCUT2D eigenvalue weighted by atomic mass is 10.1. The van der Waals surface area contributed by atoms with Gasteiger partial charge in [-0.2, -0.15) is 5.26 Å². The Hall–Kier alpha value is -1.37. The molecule has 1 N–H and O–H groups in total. The van der Waals surface area contributed by atoms with Crippen molar-refractivity contribution in [1.82, 2.24) is 4.90 Å². The highest BCUT2D eigenvalue weighted by atomic mass is 16.3. The Morgan fingerprint density at radius 1 is 1.35 bits per heavy atom. The molecular weight excluding hydrogens is 212 g/mol. The Morgan fingerprint density at radius 2 is 2.12 bits per heavy atom. The largest absolute Gasteiger partial charge is 0.387 e. The molecule has 1 aliphatic rings. The Morgan fingerprint density at radius 3 is 2.71 bits per heavy atom. The summed E-state index contributed by atoms with van der Waals surface area (Å²) in [5.41, 5.74) is 1.52. The molecule has 0 aliphatic carbocycles. The maximum Gasteiger partial charge on any atom is 0.0991 e. The maximum atomic E-state index is 10.1. The number of β-amino-alcohol motifs (C(OH)–C–C–N with tert-alkyl or cyclic N) is 1. The Kier molecular flexibility index (Phi) is 4.13. The van der Waals surface area contributed by atoms with Crippen LogP contribution in [0.4, 0.5) is 0 Å². The van der Waals surface area contributed by atoms with Gasteiger partial charge in [-0.05, 0) is 43.5 Å². The first-order chi connectivity index (χ1) is 8.29. The average Bonchev–Trinajstić information content (AvgIpc) is 2.40. The van der Waals surface area contributed by atoms with Gasteiger partial charge < -0.3 is 10.0 Å². The van der Waals surface area contributed by atoms with Crippen molar-refractivity contribution in [2.45, 2.75) is 18.9 Å². The lowest BCUT2D eigenvalue weighted by Crippen LogP contribution is -2.33. The zero-order valence-electron chi connectivity index (χ0n) is 9.84. The van der Waals surface area contributed by atoms with E-state index in [-0.39, 0.29) is 0 Å². The second-order valence-electron chi connectivity index (χ2n) is 4.44. The van der Waals surface area contributed by atoms with Gasteiger partial charge in [0.1, 0.15) is 0 Å². The van der Waals surface area contributed by atoms with Gasteiger partial charge in [-0.3, -0.25) is 0 Å². The second-order valence-corrected chi connectivity index (χ2v) is 4.44. The van der Waals surface area contributed by atoms with Crippen molar-refractivity contribution in [2.75, 3.05) is 19.6 Å². The quantitative estimate of drug-likeness (QED) is 0.861. The summed E-state index contributed by atoms with van der Waals surface area (Å²) in [4.78, 5) is 2.26. The number of benzene rings is 1. The summed E-state index contributed by atoms with van der Waals surface area (Å²) in [6.45, 7) is 2.69. The Bertz CT molecular complexity index is 388. The molecule has 1 unspecified atom stereocenters. The van der Waals surface area contributed by atoms with Gasteiger partial charge in [0, 0.05) is 13.1 Å². The highest BCUT2D eigenvalue weighted by molar-refractivity contribution is 5.32. The molecule has 1 radical (unpaired) electrons. The Labute approximate surface area is 102 Å². The number of piperidine rings is 1. The lowest BCUT2D eigenvalue weighted by Gasteiger charge is -2.28. The summed E-state index contributed by atoms with van der Waals surface area (Å²) >= 11 is 0. The van der Waals surface area contributed by atoms with Crippen LogP contribution in [0.5, 0.6) is 0 Å². The van der Waals surface area contributed by atoms with Gasteiger partial charge in [0.25, 0.3) is 0 Å². The minimum Gasteiger partial charge on any atom is -0.387 e. The molecule has 0 aromatic heterocycles. The topological polar surface area (TPSA) is 47.3 Å². The van der Waals surface area contributed by atoms with Crippen molar-refractivity contribution in [1.29, 1.82) is 5.26 Å². The Balaban J connectivity index is 1.94. The lowest BCUT2D eigenvalue weighted by molar-refractivity contribution is 0.111. The van der Waals surface area contributed by atoms with Crippen LogP contribution < -0.4 is 0 Å². The predicted octanol–water partition coefficient (Wildman–Crippen LogP) is 1.89. The van der Waals surface area contributed by atoms with Gasteiger partial charge in [0.05, 0.1) is 17.7 Å². The first-order valence-electron chi connectivity index (χ1n) is 6.02. The smallest absolute Gasteiger partial charge is 0.0991 e. The minimum atomic E-state index is -0.464. The number of nitriles is 1. The number of aliphatic hydroxyl groups excluding tert-OH is 1. The fourth-order valence-electron chi connectivity index (χ4n) is 2.12. The highest BCUT2D eigenvalue weighted by Crippen LogP contribution is 2.17. The molecule has 1 aromatic carbocycles. The van der Waals surface area contributed by atoms with E-state index in [0.717, 1.165) is 18.7 Å². The molecule has 0 bridgehead atoms.